The normalized spacial score (nSPS) is 12.9. The summed E-state index contributed by atoms with van der Waals surface area (Å²) in [6.45, 7) is 3.70. The number of halogens is 1. The molecular weight excluding hydrogens is 437 g/mol. The summed E-state index contributed by atoms with van der Waals surface area (Å²) in [4.78, 5) is 36.3. The van der Waals surface area contributed by atoms with Crippen molar-refractivity contribution in [1.29, 1.82) is 0 Å². The first-order valence-corrected chi connectivity index (χ1v) is 8.30. The average Bonchev–Trinajstić information content (AvgIpc) is 2.80. The molecule has 8 heteroatoms. The maximum Gasteiger partial charge on any atom is 0.282 e. The van der Waals surface area contributed by atoms with Crippen molar-refractivity contribution in [2.24, 2.45) is 0 Å². The quantitative estimate of drug-likeness (QED) is 0.441. The van der Waals surface area contributed by atoms with E-state index in [1.54, 1.807) is 24.3 Å². The molecule has 1 aliphatic rings. The van der Waals surface area contributed by atoms with Gasteiger partial charge in [0.05, 0.1) is 8.49 Å². The van der Waals surface area contributed by atoms with Crippen LogP contribution in [0.15, 0.2) is 49.0 Å². The Morgan fingerprint density at radius 1 is 1.24 bits per heavy atom. The number of amides is 2. The number of hydrogen-bond acceptors (Lipinski definition) is 4. The Hall–Kier alpha value is -2.75. The van der Waals surface area contributed by atoms with Crippen molar-refractivity contribution in [3.05, 3.63) is 73.9 Å². The van der Waals surface area contributed by atoms with Crippen LogP contribution in [0.5, 0.6) is 0 Å². The Labute approximate surface area is 156 Å². The monoisotopic (exact) mass is 449 g/mol. The molecule has 7 nitrogen and oxygen atoms in total. The second-order valence-electron chi connectivity index (χ2n) is 5.36. The summed E-state index contributed by atoms with van der Waals surface area (Å²) in [7, 11) is 0. The minimum absolute atomic E-state index is 0.0304. The molecule has 0 aliphatic carbocycles. The predicted molar refractivity (Wildman–Crippen MR) is 101 cm³/mol. The van der Waals surface area contributed by atoms with E-state index in [9.17, 15) is 19.7 Å². The van der Waals surface area contributed by atoms with Gasteiger partial charge in [0.1, 0.15) is 6.54 Å². The van der Waals surface area contributed by atoms with Gasteiger partial charge in [-0.2, -0.15) is 0 Å². The summed E-state index contributed by atoms with van der Waals surface area (Å²) in [6, 6.07) is 11.3. The molecule has 0 spiro atoms. The molecular formula is C17H12IN3O4. The van der Waals surface area contributed by atoms with E-state index in [1.807, 2.05) is 22.6 Å². The van der Waals surface area contributed by atoms with Crippen LogP contribution in [0, 0.1) is 13.7 Å². The molecule has 0 saturated heterocycles. The maximum absolute atomic E-state index is 12.4. The van der Waals surface area contributed by atoms with Gasteiger partial charge in [-0.1, -0.05) is 24.8 Å². The fraction of sp³-hybridized carbons (Fsp3) is 0.0588. The molecule has 2 aromatic rings. The third kappa shape index (κ3) is 3.25. The lowest BCUT2D eigenvalue weighted by molar-refractivity contribution is -0.385. The van der Waals surface area contributed by atoms with Crippen LogP contribution in [0.3, 0.4) is 0 Å². The molecule has 0 saturated carbocycles. The Balaban J connectivity index is 1.72. The number of rotatable bonds is 4. The Morgan fingerprint density at radius 2 is 1.92 bits per heavy atom. The molecule has 0 radical (unpaired) electrons. The smallest absolute Gasteiger partial charge is 0.282 e. The molecule has 0 atom stereocenters. The summed E-state index contributed by atoms with van der Waals surface area (Å²) in [6.07, 6.45) is 0. The van der Waals surface area contributed by atoms with Crippen molar-refractivity contribution in [3.63, 3.8) is 0 Å². The number of nitro benzene ring substituents is 1. The van der Waals surface area contributed by atoms with Gasteiger partial charge in [-0.05, 0) is 40.8 Å². The van der Waals surface area contributed by atoms with Crippen LogP contribution in [0.25, 0.3) is 5.70 Å². The third-order valence-corrected chi connectivity index (χ3v) is 4.63. The zero-order valence-corrected chi connectivity index (χ0v) is 15.0. The molecule has 0 unspecified atom stereocenters. The van der Waals surface area contributed by atoms with Crippen LogP contribution in [-0.4, -0.2) is 28.2 Å². The van der Waals surface area contributed by atoms with Gasteiger partial charge >= 0.3 is 0 Å². The number of benzene rings is 2. The van der Waals surface area contributed by atoms with Gasteiger partial charge in [0, 0.05) is 28.6 Å². The van der Waals surface area contributed by atoms with Crippen LogP contribution in [0.1, 0.15) is 15.9 Å². The summed E-state index contributed by atoms with van der Waals surface area (Å²) < 4.78 is 0.412. The lowest BCUT2D eigenvalue weighted by atomic mass is 10.1. The van der Waals surface area contributed by atoms with E-state index in [0.29, 0.717) is 26.1 Å². The zero-order valence-electron chi connectivity index (χ0n) is 12.9. The van der Waals surface area contributed by atoms with Gasteiger partial charge in [-0.3, -0.25) is 24.6 Å². The van der Waals surface area contributed by atoms with Crippen LogP contribution < -0.4 is 5.32 Å². The fourth-order valence-electron chi connectivity index (χ4n) is 2.58. The van der Waals surface area contributed by atoms with E-state index in [4.69, 9.17) is 0 Å². The van der Waals surface area contributed by atoms with Gasteiger partial charge < -0.3 is 5.32 Å². The molecule has 126 valence electrons. The number of anilines is 1. The molecule has 1 heterocycles. The first-order chi connectivity index (χ1) is 11.9. The fourth-order valence-corrected chi connectivity index (χ4v) is 3.29. The lowest BCUT2D eigenvalue weighted by Gasteiger charge is -2.17. The molecule has 2 amide bonds. The first kappa shape index (κ1) is 17.1. The van der Waals surface area contributed by atoms with Crippen LogP contribution >= 0.6 is 22.6 Å². The highest BCUT2D eigenvalue weighted by molar-refractivity contribution is 14.1. The number of nitro groups is 1. The van der Waals surface area contributed by atoms with Gasteiger partial charge in [0.2, 0.25) is 5.91 Å². The van der Waals surface area contributed by atoms with Crippen molar-refractivity contribution in [2.45, 2.75) is 0 Å². The van der Waals surface area contributed by atoms with Gasteiger partial charge in [-0.15, -0.1) is 0 Å². The molecule has 1 aliphatic heterocycles. The van der Waals surface area contributed by atoms with E-state index >= 15 is 0 Å². The van der Waals surface area contributed by atoms with Crippen molar-refractivity contribution < 1.29 is 14.5 Å². The van der Waals surface area contributed by atoms with E-state index < -0.39 is 10.8 Å². The number of nitrogens with one attached hydrogen (secondary N) is 1. The van der Waals surface area contributed by atoms with Crippen LogP contribution in [0.4, 0.5) is 11.4 Å². The molecule has 25 heavy (non-hydrogen) atoms. The highest BCUT2D eigenvalue weighted by atomic mass is 127. The number of carbonyl (C=O) groups is 2. The first-order valence-electron chi connectivity index (χ1n) is 7.22. The van der Waals surface area contributed by atoms with Gasteiger partial charge in [-0.25, -0.2) is 0 Å². The molecule has 2 aromatic carbocycles. The number of nitrogens with zero attached hydrogens (tertiary/aromatic N) is 2. The van der Waals surface area contributed by atoms with Crippen LogP contribution in [0.2, 0.25) is 0 Å². The van der Waals surface area contributed by atoms with Crippen molar-refractivity contribution >= 4 is 51.5 Å². The van der Waals surface area contributed by atoms with E-state index in [2.05, 4.69) is 11.9 Å². The van der Waals surface area contributed by atoms with E-state index in [-0.39, 0.29) is 18.1 Å². The maximum atomic E-state index is 12.4. The summed E-state index contributed by atoms with van der Waals surface area (Å²) in [5.41, 5.74) is 2.11. The second kappa shape index (κ2) is 6.63. The molecule has 0 bridgehead atoms. The molecule has 0 aromatic heterocycles. The minimum atomic E-state index is -0.489. The summed E-state index contributed by atoms with van der Waals surface area (Å²) in [5.74, 6) is -0.680. The van der Waals surface area contributed by atoms with Crippen molar-refractivity contribution in [1.82, 2.24) is 4.90 Å². The number of hydrogen-bond donors (Lipinski definition) is 1. The zero-order chi connectivity index (χ0) is 18.1. The third-order valence-electron chi connectivity index (χ3n) is 3.77. The van der Waals surface area contributed by atoms with Gasteiger partial charge in [0.25, 0.3) is 11.6 Å². The standard InChI is InChI=1S/C17H12IN3O4/c1-10-12-4-2-3-5-13(12)17(23)20(10)9-16(22)19-11-6-7-15(21(24)25)14(18)8-11/h2-8H,1,9H2,(H,19,22). The Bertz CT molecular complexity index is 891. The lowest BCUT2D eigenvalue weighted by Crippen LogP contribution is -2.32. The Morgan fingerprint density at radius 3 is 2.52 bits per heavy atom. The van der Waals surface area contributed by atoms with Crippen molar-refractivity contribution in [2.75, 3.05) is 11.9 Å². The van der Waals surface area contributed by atoms with E-state index in [0.717, 1.165) is 0 Å². The SMILES string of the molecule is C=C1c2ccccc2C(=O)N1CC(=O)Nc1ccc([N+](=O)[O-])c(I)c1. The van der Waals surface area contributed by atoms with E-state index in [1.165, 1.54) is 23.1 Å². The van der Waals surface area contributed by atoms with Crippen LogP contribution in [-0.2, 0) is 4.79 Å². The minimum Gasteiger partial charge on any atom is -0.324 e. The Kier molecular flexibility index (Phi) is 4.53. The largest absolute Gasteiger partial charge is 0.324 e. The highest BCUT2D eigenvalue weighted by Gasteiger charge is 2.31. The summed E-state index contributed by atoms with van der Waals surface area (Å²) in [5, 5.41) is 13.5. The highest BCUT2D eigenvalue weighted by Crippen LogP contribution is 2.31. The summed E-state index contributed by atoms with van der Waals surface area (Å²) >= 11 is 1.83. The number of fused-ring (bicyclic) bond motifs is 1. The number of carbonyl (C=O) groups excluding carboxylic acids is 2. The average molecular weight is 449 g/mol. The molecule has 0 fully saturated rings. The molecule has 3 rings (SSSR count). The molecule has 1 N–H and O–H groups in total. The predicted octanol–water partition coefficient (Wildman–Crippen LogP) is 3.26. The van der Waals surface area contributed by atoms with Gasteiger partial charge in [0.15, 0.2) is 0 Å². The topological polar surface area (TPSA) is 92.6 Å². The second-order valence-corrected chi connectivity index (χ2v) is 6.52. The van der Waals surface area contributed by atoms with Crippen molar-refractivity contribution in [3.8, 4) is 0 Å².